The number of hydrogen-bond donors (Lipinski definition) is 1. The van der Waals surface area contributed by atoms with Crippen molar-refractivity contribution in [3.8, 4) is 0 Å². The number of nitrogens with one attached hydrogen (secondary N) is 1. The molecule has 0 aliphatic rings. The Morgan fingerprint density at radius 2 is 2.42 bits per heavy atom. The van der Waals surface area contributed by atoms with Gasteiger partial charge in [0.2, 0.25) is 0 Å². The van der Waals surface area contributed by atoms with E-state index in [0.29, 0.717) is 6.61 Å². The van der Waals surface area contributed by atoms with Crippen LogP contribution in [0.3, 0.4) is 0 Å². The summed E-state index contributed by atoms with van der Waals surface area (Å²) in [5.41, 5.74) is 1.13. The summed E-state index contributed by atoms with van der Waals surface area (Å²) in [5.74, 6) is 0.964. The molecule has 0 aliphatic carbocycles. The van der Waals surface area contributed by atoms with Crippen LogP contribution in [-0.4, -0.2) is 13.7 Å². The summed E-state index contributed by atoms with van der Waals surface area (Å²) in [6.07, 6.45) is 1.70. The maximum absolute atomic E-state index is 5.28. The van der Waals surface area contributed by atoms with Crippen LogP contribution in [0.25, 0.3) is 0 Å². The van der Waals surface area contributed by atoms with Crippen LogP contribution in [0, 0.1) is 0 Å². The average Bonchev–Trinajstić information content (AvgIpc) is 2.50. The zero-order chi connectivity index (χ0) is 8.81. The van der Waals surface area contributed by atoms with Gasteiger partial charge in [-0.2, -0.15) is 0 Å². The van der Waals surface area contributed by atoms with Crippen LogP contribution in [0.4, 0.5) is 0 Å². The Morgan fingerprint density at radius 1 is 1.58 bits per heavy atom. The van der Waals surface area contributed by atoms with Gasteiger partial charge >= 0.3 is 0 Å². The van der Waals surface area contributed by atoms with Crippen molar-refractivity contribution in [2.75, 3.05) is 13.7 Å². The van der Waals surface area contributed by atoms with Crippen molar-refractivity contribution < 1.29 is 9.15 Å². The summed E-state index contributed by atoms with van der Waals surface area (Å²) in [7, 11) is 1.90. The molecule has 0 fully saturated rings. The molecule has 1 rings (SSSR count). The van der Waals surface area contributed by atoms with Gasteiger partial charge < -0.3 is 14.5 Å². The van der Waals surface area contributed by atoms with Crippen molar-refractivity contribution in [1.29, 1.82) is 0 Å². The van der Waals surface area contributed by atoms with E-state index in [4.69, 9.17) is 9.15 Å². The minimum atomic E-state index is 0.643. The molecule has 3 nitrogen and oxygen atoms in total. The van der Waals surface area contributed by atoms with Gasteiger partial charge in [0.05, 0.1) is 19.4 Å². The molecule has 0 radical (unpaired) electrons. The Balaban J connectivity index is 2.51. The molecule has 0 spiro atoms. The third-order valence-electron chi connectivity index (χ3n) is 1.64. The number of hydrogen-bond acceptors (Lipinski definition) is 3. The predicted molar refractivity (Wildman–Crippen MR) is 46.8 cm³/mol. The van der Waals surface area contributed by atoms with Gasteiger partial charge in [-0.05, 0) is 20.0 Å². The van der Waals surface area contributed by atoms with Crippen molar-refractivity contribution in [2.24, 2.45) is 0 Å². The predicted octanol–water partition coefficient (Wildman–Crippen LogP) is 1.54. The van der Waals surface area contributed by atoms with E-state index < -0.39 is 0 Å². The lowest BCUT2D eigenvalue weighted by molar-refractivity contribution is 0.132. The van der Waals surface area contributed by atoms with E-state index in [1.807, 2.05) is 20.0 Å². The molecule has 1 aromatic rings. The minimum Gasteiger partial charge on any atom is -0.468 e. The van der Waals surface area contributed by atoms with Crippen LogP contribution in [0.2, 0.25) is 0 Å². The summed E-state index contributed by atoms with van der Waals surface area (Å²) in [6.45, 7) is 4.13. The van der Waals surface area contributed by atoms with Crippen molar-refractivity contribution >= 4 is 0 Å². The molecule has 1 N–H and O–H groups in total. The monoisotopic (exact) mass is 169 g/mol. The molecule has 1 aromatic heterocycles. The van der Waals surface area contributed by atoms with E-state index in [-0.39, 0.29) is 0 Å². The van der Waals surface area contributed by atoms with E-state index >= 15 is 0 Å². The summed E-state index contributed by atoms with van der Waals surface area (Å²) >= 11 is 0. The SMILES string of the molecule is CCOCc1ccoc1CNC. The van der Waals surface area contributed by atoms with Gasteiger partial charge in [0.25, 0.3) is 0 Å². The average molecular weight is 169 g/mol. The zero-order valence-electron chi connectivity index (χ0n) is 7.59. The smallest absolute Gasteiger partial charge is 0.123 e. The molecule has 0 amide bonds. The quantitative estimate of drug-likeness (QED) is 0.726. The third-order valence-corrected chi connectivity index (χ3v) is 1.64. The van der Waals surface area contributed by atoms with E-state index in [0.717, 1.165) is 24.5 Å². The van der Waals surface area contributed by atoms with Crippen LogP contribution in [0.1, 0.15) is 18.2 Å². The number of furan rings is 1. The highest BCUT2D eigenvalue weighted by atomic mass is 16.5. The second kappa shape index (κ2) is 4.95. The fraction of sp³-hybridized carbons (Fsp3) is 0.556. The lowest BCUT2D eigenvalue weighted by Crippen LogP contribution is -2.06. The summed E-state index contributed by atoms with van der Waals surface area (Å²) in [4.78, 5) is 0. The molecular weight excluding hydrogens is 154 g/mol. The minimum absolute atomic E-state index is 0.643. The second-order valence-electron chi connectivity index (χ2n) is 2.54. The first-order chi connectivity index (χ1) is 5.88. The van der Waals surface area contributed by atoms with E-state index in [2.05, 4.69) is 5.32 Å². The Morgan fingerprint density at radius 3 is 3.08 bits per heavy atom. The Kier molecular flexibility index (Phi) is 3.84. The Bertz CT molecular complexity index is 220. The number of rotatable bonds is 5. The lowest BCUT2D eigenvalue weighted by Gasteiger charge is -2.01. The molecule has 68 valence electrons. The van der Waals surface area contributed by atoms with Crippen LogP contribution >= 0.6 is 0 Å². The topological polar surface area (TPSA) is 34.4 Å². The van der Waals surface area contributed by atoms with Gasteiger partial charge in [-0.3, -0.25) is 0 Å². The normalized spacial score (nSPS) is 10.5. The van der Waals surface area contributed by atoms with Crippen molar-refractivity contribution in [3.05, 3.63) is 23.7 Å². The van der Waals surface area contributed by atoms with Crippen LogP contribution in [0.5, 0.6) is 0 Å². The molecular formula is C9H15NO2. The third kappa shape index (κ3) is 2.36. The number of ether oxygens (including phenoxy) is 1. The standard InChI is InChI=1S/C9H15NO2/c1-3-11-7-8-4-5-12-9(8)6-10-2/h4-5,10H,3,6-7H2,1-2H3. The molecule has 12 heavy (non-hydrogen) atoms. The first kappa shape index (κ1) is 9.29. The lowest BCUT2D eigenvalue weighted by atomic mass is 10.2. The van der Waals surface area contributed by atoms with E-state index in [9.17, 15) is 0 Å². The van der Waals surface area contributed by atoms with Gasteiger partial charge in [-0.1, -0.05) is 0 Å². The first-order valence-corrected chi connectivity index (χ1v) is 4.16. The van der Waals surface area contributed by atoms with Gasteiger partial charge in [0, 0.05) is 12.2 Å². The fourth-order valence-electron chi connectivity index (χ4n) is 1.02. The molecule has 0 atom stereocenters. The van der Waals surface area contributed by atoms with Gasteiger partial charge in [0.15, 0.2) is 0 Å². The molecule has 0 aliphatic heterocycles. The summed E-state index contributed by atoms with van der Waals surface area (Å²) in [5, 5.41) is 3.04. The van der Waals surface area contributed by atoms with Crippen LogP contribution in [-0.2, 0) is 17.9 Å². The molecule has 0 saturated heterocycles. The van der Waals surface area contributed by atoms with Crippen LogP contribution in [0.15, 0.2) is 16.7 Å². The summed E-state index contributed by atoms with van der Waals surface area (Å²) in [6, 6.07) is 1.95. The Labute approximate surface area is 72.7 Å². The molecule has 3 heteroatoms. The highest BCUT2D eigenvalue weighted by molar-refractivity contribution is 5.15. The van der Waals surface area contributed by atoms with Gasteiger partial charge in [-0.15, -0.1) is 0 Å². The molecule has 0 saturated carbocycles. The Hall–Kier alpha value is -0.800. The fourth-order valence-corrected chi connectivity index (χ4v) is 1.02. The maximum atomic E-state index is 5.28. The highest BCUT2D eigenvalue weighted by Gasteiger charge is 2.03. The van der Waals surface area contributed by atoms with Gasteiger partial charge in [-0.25, -0.2) is 0 Å². The van der Waals surface area contributed by atoms with Gasteiger partial charge in [0.1, 0.15) is 5.76 Å². The second-order valence-corrected chi connectivity index (χ2v) is 2.54. The zero-order valence-corrected chi connectivity index (χ0v) is 7.59. The molecule has 0 aromatic carbocycles. The highest BCUT2D eigenvalue weighted by Crippen LogP contribution is 2.11. The molecule has 0 unspecified atom stereocenters. The first-order valence-electron chi connectivity index (χ1n) is 4.16. The molecule has 0 bridgehead atoms. The maximum Gasteiger partial charge on any atom is 0.123 e. The van der Waals surface area contributed by atoms with Crippen LogP contribution < -0.4 is 5.32 Å². The van der Waals surface area contributed by atoms with E-state index in [1.54, 1.807) is 6.26 Å². The molecule has 1 heterocycles. The van der Waals surface area contributed by atoms with Crippen molar-refractivity contribution in [3.63, 3.8) is 0 Å². The van der Waals surface area contributed by atoms with E-state index in [1.165, 1.54) is 0 Å². The van der Waals surface area contributed by atoms with Crippen molar-refractivity contribution in [1.82, 2.24) is 5.32 Å². The largest absolute Gasteiger partial charge is 0.468 e. The summed E-state index contributed by atoms with van der Waals surface area (Å²) < 4.78 is 10.5. The van der Waals surface area contributed by atoms with Crippen molar-refractivity contribution in [2.45, 2.75) is 20.1 Å².